The van der Waals surface area contributed by atoms with Gasteiger partial charge < -0.3 is 10.1 Å². The Hall–Kier alpha value is -4.22. The maximum atomic E-state index is 13.2. The Labute approximate surface area is 197 Å². The van der Waals surface area contributed by atoms with E-state index in [1.807, 2.05) is 25.1 Å². The van der Waals surface area contributed by atoms with Gasteiger partial charge in [0.05, 0.1) is 0 Å². The molecule has 0 radical (unpaired) electrons. The normalized spacial score (nSPS) is 11.1. The number of anilines is 1. The Balaban J connectivity index is 1.78. The average molecular weight is 501 g/mol. The van der Waals surface area contributed by atoms with Gasteiger partial charge in [0.15, 0.2) is 0 Å². The number of rotatable bonds is 5. The number of nitrogens with one attached hydrogen (secondary N) is 1. The highest BCUT2D eigenvalue weighted by Gasteiger charge is 2.17. The second-order valence-corrected chi connectivity index (χ2v) is 8.03. The van der Waals surface area contributed by atoms with Gasteiger partial charge in [-0.15, -0.1) is 0 Å². The van der Waals surface area contributed by atoms with Gasteiger partial charge in [-0.25, -0.2) is 0 Å². The smallest absolute Gasteiger partial charge is 0.269 e. The largest absolute Gasteiger partial charge is 0.438 e. The van der Waals surface area contributed by atoms with Crippen LogP contribution in [-0.4, -0.2) is 15.3 Å². The molecule has 2 heterocycles. The fraction of sp³-hybridized carbons (Fsp3) is 0.0400. The summed E-state index contributed by atoms with van der Waals surface area (Å²) < 4.78 is 8.07. The van der Waals surface area contributed by atoms with Gasteiger partial charge in [0.2, 0.25) is 5.88 Å². The molecule has 2 aromatic heterocycles. The van der Waals surface area contributed by atoms with Crippen molar-refractivity contribution in [3.8, 4) is 17.7 Å². The number of aryl methyl sites for hydroxylation is 1. The number of pyridine rings is 1. The predicted molar refractivity (Wildman–Crippen MR) is 129 cm³/mol. The number of nitriles is 1. The highest BCUT2D eigenvalue weighted by molar-refractivity contribution is 9.10. The molecule has 0 bridgehead atoms. The molecule has 0 aliphatic heterocycles. The molecular weight excluding hydrogens is 484 g/mol. The van der Waals surface area contributed by atoms with Crippen LogP contribution in [0.3, 0.4) is 0 Å². The summed E-state index contributed by atoms with van der Waals surface area (Å²) in [4.78, 5) is 30.4. The molecule has 8 heteroatoms. The van der Waals surface area contributed by atoms with E-state index in [2.05, 4.69) is 26.2 Å². The van der Waals surface area contributed by atoms with Gasteiger partial charge >= 0.3 is 0 Å². The molecule has 33 heavy (non-hydrogen) atoms. The number of hydrogen-bond donors (Lipinski definition) is 1. The average Bonchev–Trinajstić information content (AvgIpc) is 2.82. The maximum Gasteiger partial charge on any atom is 0.269 e. The Kier molecular flexibility index (Phi) is 6.33. The lowest BCUT2D eigenvalue weighted by Crippen LogP contribution is -2.20. The zero-order valence-electron chi connectivity index (χ0n) is 17.4. The van der Waals surface area contributed by atoms with E-state index in [1.165, 1.54) is 10.5 Å². The Morgan fingerprint density at radius 1 is 1.12 bits per heavy atom. The second-order valence-electron chi connectivity index (χ2n) is 7.11. The number of halogens is 1. The number of fused-ring (bicyclic) bond motifs is 1. The van der Waals surface area contributed by atoms with Crippen molar-refractivity contribution in [2.75, 3.05) is 5.32 Å². The van der Waals surface area contributed by atoms with Gasteiger partial charge in [-0.1, -0.05) is 39.7 Å². The first-order chi connectivity index (χ1) is 15.9. The van der Waals surface area contributed by atoms with E-state index in [1.54, 1.807) is 60.8 Å². The molecule has 2 aromatic carbocycles. The molecule has 0 fully saturated rings. The zero-order valence-corrected chi connectivity index (χ0v) is 19.0. The quantitative estimate of drug-likeness (QED) is 0.303. The minimum atomic E-state index is -0.645. The van der Waals surface area contributed by atoms with E-state index < -0.39 is 11.5 Å². The number of benzene rings is 2. The summed E-state index contributed by atoms with van der Waals surface area (Å²) >= 11 is 3.36. The fourth-order valence-corrected chi connectivity index (χ4v) is 3.29. The van der Waals surface area contributed by atoms with Gasteiger partial charge in [0.25, 0.3) is 11.5 Å². The number of ether oxygens (including phenoxy) is 1. The van der Waals surface area contributed by atoms with Crippen molar-refractivity contribution in [3.63, 3.8) is 0 Å². The number of carbonyl (C=O) groups excluding carboxylic acids is 1. The molecule has 0 aliphatic carbocycles. The van der Waals surface area contributed by atoms with Crippen molar-refractivity contribution < 1.29 is 9.53 Å². The lowest BCUT2D eigenvalue weighted by molar-refractivity contribution is -0.112. The molecule has 7 nitrogen and oxygen atoms in total. The standard InChI is InChI=1S/C25H17BrN4O3/c1-16-5-9-19(10-6-16)28-23(31)17(15-27)14-21-24(33-20-11-7-18(26)8-12-20)29-22-4-2-3-13-30(22)25(21)32/h2-14H,1H3,(H,28,31)/b17-14+. The summed E-state index contributed by atoms with van der Waals surface area (Å²) in [5, 5.41) is 12.3. The van der Waals surface area contributed by atoms with Crippen LogP contribution < -0.4 is 15.6 Å². The number of hydrogen-bond acceptors (Lipinski definition) is 5. The van der Waals surface area contributed by atoms with Gasteiger partial charge in [0, 0.05) is 16.4 Å². The van der Waals surface area contributed by atoms with Crippen LogP contribution in [0.2, 0.25) is 0 Å². The minimum absolute atomic E-state index is 0.00981. The fourth-order valence-electron chi connectivity index (χ4n) is 3.03. The Morgan fingerprint density at radius 3 is 2.55 bits per heavy atom. The highest BCUT2D eigenvalue weighted by Crippen LogP contribution is 2.25. The monoisotopic (exact) mass is 500 g/mol. The summed E-state index contributed by atoms with van der Waals surface area (Å²) in [6, 6.07) is 21.1. The second kappa shape index (κ2) is 9.51. The van der Waals surface area contributed by atoms with Crippen molar-refractivity contribution in [1.82, 2.24) is 9.38 Å². The van der Waals surface area contributed by atoms with Gasteiger partial charge in [0.1, 0.15) is 28.6 Å². The van der Waals surface area contributed by atoms with Crippen molar-refractivity contribution in [3.05, 3.63) is 104 Å². The maximum absolute atomic E-state index is 13.2. The molecule has 162 valence electrons. The van der Waals surface area contributed by atoms with Crippen LogP contribution in [0.5, 0.6) is 11.6 Å². The van der Waals surface area contributed by atoms with E-state index >= 15 is 0 Å². The molecule has 0 unspecified atom stereocenters. The number of nitrogens with zero attached hydrogens (tertiary/aromatic N) is 3. The van der Waals surface area contributed by atoms with E-state index in [-0.39, 0.29) is 17.0 Å². The van der Waals surface area contributed by atoms with E-state index in [0.29, 0.717) is 17.1 Å². The molecule has 4 aromatic rings. The van der Waals surface area contributed by atoms with Crippen LogP contribution in [0.4, 0.5) is 5.69 Å². The summed E-state index contributed by atoms with van der Waals surface area (Å²) in [7, 11) is 0. The zero-order chi connectivity index (χ0) is 23.4. The first-order valence-corrected chi connectivity index (χ1v) is 10.7. The molecule has 0 aliphatic rings. The topological polar surface area (TPSA) is 96.5 Å². The molecule has 0 saturated heterocycles. The third kappa shape index (κ3) is 5.00. The predicted octanol–water partition coefficient (Wildman–Crippen LogP) is 5.10. The molecule has 1 amide bonds. The van der Waals surface area contributed by atoms with Crippen molar-refractivity contribution in [2.45, 2.75) is 6.92 Å². The van der Waals surface area contributed by atoms with Crippen LogP contribution >= 0.6 is 15.9 Å². The Bertz CT molecular complexity index is 1470. The molecule has 4 rings (SSSR count). The molecule has 1 N–H and O–H groups in total. The SMILES string of the molecule is Cc1ccc(NC(=O)/C(C#N)=C/c2c(Oc3ccc(Br)cc3)nc3ccccn3c2=O)cc1. The van der Waals surface area contributed by atoms with Crippen LogP contribution in [-0.2, 0) is 4.79 Å². The van der Waals surface area contributed by atoms with Crippen molar-refractivity contribution in [2.24, 2.45) is 0 Å². The van der Waals surface area contributed by atoms with E-state index in [0.717, 1.165) is 10.0 Å². The summed E-state index contributed by atoms with van der Waals surface area (Å²) in [5.41, 5.74) is 1.20. The minimum Gasteiger partial charge on any atom is -0.438 e. The van der Waals surface area contributed by atoms with Crippen LogP contribution in [0.1, 0.15) is 11.1 Å². The molecule has 0 saturated carbocycles. The van der Waals surface area contributed by atoms with Crippen LogP contribution in [0.25, 0.3) is 11.7 Å². The van der Waals surface area contributed by atoms with Crippen molar-refractivity contribution >= 4 is 39.2 Å². The van der Waals surface area contributed by atoms with E-state index in [4.69, 9.17) is 4.74 Å². The Morgan fingerprint density at radius 2 is 1.85 bits per heavy atom. The number of amides is 1. The third-order valence-corrected chi connectivity index (χ3v) is 5.25. The van der Waals surface area contributed by atoms with E-state index in [9.17, 15) is 14.9 Å². The van der Waals surface area contributed by atoms with Crippen LogP contribution in [0, 0.1) is 18.3 Å². The molecule has 0 spiro atoms. The van der Waals surface area contributed by atoms with Gasteiger partial charge in [-0.05, 0) is 61.5 Å². The number of carbonyl (C=O) groups is 1. The number of aromatic nitrogens is 2. The van der Waals surface area contributed by atoms with Gasteiger partial charge in [-0.3, -0.25) is 14.0 Å². The molecular formula is C25H17BrN4O3. The lowest BCUT2D eigenvalue weighted by atomic mass is 10.1. The van der Waals surface area contributed by atoms with Gasteiger partial charge in [-0.2, -0.15) is 10.2 Å². The van der Waals surface area contributed by atoms with Crippen LogP contribution in [0.15, 0.2) is 87.8 Å². The first kappa shape index (κ1) is 22.0. The van der Waals surface area contributed by atoms with Crippen molar-refractivity contribution in [1.29, 1.82) is 5.26 Å². The highest BCUT2D eigenvalue weighted by atomic mass is 79.9. The lowest BCUT2D eigenvalue weighted by Gasteiger charge is -2.10. The summed E-state index contributed by atoms with van der Waals surface area (Å²) in [6.45, 7) is 1.93. The molecule has 0 atom stereocenters. The summed E-state index contributed by atoms with van der Waals surface area (Å²) in [5.74, 6) is -0.208. The third-order valence-electron chi connectivity index (χ3n) is 4.73. The summed E-state index contributed by atoms with van der Waals surface area (Å²) in [6.07, 6.45) is 2.76. The first-order valence-electron chi connectivity index (χ1n) is 9.89.